The number of anilines is 1. The average Bonchev–Trinajstić information content (AvgIpc) is 2.55. The van der Waals surface area contributed by atoms with Gasteiger partial charge < -0.3 is 4.90 Å². The van der Waals surface area contributed by atoms with Gasteiger partial charge in [-0.15, -0.1) is 0 Å². The van der Waals surface area contributed by atoms with Gasteiger partial charge in [0.25, 0.3) is 0 Å². The summed E-state index contributed by atoms with van der Waals surface area (Å²) in [7, 11) is -3.60. The number of halogens is 2. The molecule has 1 saturated heterocycles. The van der Waals surface area contributed by atoms with Gasteiger partial charge in [0.05, 0.1) is 5.02 Å². The van der Waals surface area contributed by atoms with Crippen LogP contribution in [0.2, 0.25) is 10.0 Å². The molecule has 122 valence electrons. The van der Waals surface area contributed by atoms with E-state index in [9.17, 15) is 8.42 Å². The Labute approximate surface area is 146 Å². The number of piperazine rings is 1. The molecule has 4 nitrogen and oxygen atoms in total. The molecule has 23 heavy (non-hydrogen) atoms. The minimum Gasteiger partial charge on any atom is -0.369 e. The maximum Gasteiger partial charge on any atom is 0.244 e. The van der Waals surface area contributed by atoms with E-state index in [1.165, 1.54) is 16.4 Å². The number of benzene rings is 2. The molecule has 0 spiro atoms. The molecule has 0 saturated carbocycles. The summed E-state index contributed by atoms with van der Waals surface area (Å²) in [4.78, 5) is 2.28. The van der Waals surface area contributed by atoms with Crippen LogP contribution < -0.4 is 4.90 Å². The van der Waals surface area contributed by atoms with Gasteiger partial charge in [-0.3, -0.25) is 0 Å². The Bertz CT molecular complexity index is 789. The van der Waals surface area contributed by atoms with E-state index in [1.54, 1.807) is 6.07 Å². The molecule has 2 aromatic rings. The second kappa shape index (κ2) is 6.69. The maximum absolute atomic E-state index is 12.7. The van der Waals surface area contributed by atoms with Gasteiger partial charge in [-0.05, 0) is 30.3 Å². The topological polar surface area (TPSA) is 40.6 Å². The van der Waals surface area contributed by atoms with Gasteiger partial charge in [0.2, 0.25) is 10.0 Å². The molecular formula is C16H16Cl2N2O2S. The Balaban J connectivity index is 1.76. The lowest BCUT2D eigenvalue weighted by atomic mass is 10.2. The summed E-state index contributed by atoms with van der Waals surface area (Å²) in [5.41, 5.74) is 1.11. The fraction of sp³-hybridized carbons (Fsp3) is 0.250. The van der Waals surface area contributed by atoms with Gasteiger partial charge in [0.1, 0.15) is 4.90 Å². The number of sulfonamides is 1. The molecule has 0 aromatic heterocycles. The zero-order chi connectivity index (χ0) is 16.4. The highest BCUT2D eigenvalue weighted by atomic mass is 35.5. The van der Waals surface area contributed by atoms with E-state index >= 15 is 0 Å². The van der Waals surface area contributed by atoms with E-state index < -0.39 is 10.0 Å². The van der Waals surface area contributed by atoms with Crippen LogP contribution in [0.5, 0.6) is 0 Å². The zero-order valence-electron chi connectivity index (χ0n) is 12.3. The lowest BCUT2D eigenvalue weighted by molar-refractivity contribution is 0.385. The highest BCUT2D eigenvalue weighted by Crippen LogP contribution is 2.28. The maximum atomic E-state index is 12.7. The lowest BCUT2D eigenvalue weighted by Crippen LogP contribution is -2.48. The smallest absolute Gasteiger partial charge is 0.244 e. The number of para-hydroxylation sites is 1. The van der Waals surface area contributed by atoms with E-state index in [4.69, 9.17) is 23.2 Å². The molecule has 0 unspecified atom stereocenters. The summed E-state index contributed by atoms with van der Waals surface area (Å²) in [6.07, 6.45) is 0. The summed E-state index contributed by atoms with van der Waals surface area (Å²) >= 11 is 11.9. The summed E-state index contributed by atoms with van der Waals surface area (Å²) < 4.78 is 27.0. The summed E-state index contributed by atoms with van der Waals surface area (Å²) in [6.45, 7) is 2.15. The van der Waals surface area contributed by atoms with E-state index in [2.05, 4.69) is 4.90 Å². The quantitative estimate of drug-likeness (QED) is 0.829. The molecule has 1 fully saturated rings. The monoisotopic (exact) mass is 370 g/mol. The summed E-state index contributed by atoms with van der Waals surface area (Å²) in [5, 5.41) is 0.575. The molecule has 0 atom stereocenters. The molecule has 0 N–H and O–H groups in total. The van der Waals surface area contributed by atoms with E-state index in [0.29, 0.717) is 31.2 Å². The molecule has 2 aromatic carbocycles. The van der Waals surface area contributed by atoms with Crippen molar-refractivity contribution in [1.82, 2.24) is 4.31 Å². The van der Waals surface area contributed by atoms with Crippen LogP contribution in [0.3, 0.4) is 0 Å². The average molecular weight is 371 g/mol. The summed E-state index contributed by atoms with van der Waals surface area (Å²) in [6, 6.07) is 14.4. The Morgan fingerprint density at radius 3 is 2.13 bits per heavy atom. The van der Waals surface area contributed by atoms with Crippen LogP contribution in [-0.2, 0) is 10.0 Å². The van der Waals surface area contributed by atoms with Crippen LogP contribution in [0.25, 0.3) is 0 Å². The van der Waals surface area contributed by atoms with Crippen molar-refractivity contribution in [2.75, 3.05) is 31.1 Å². The second-order valence-corrected chi connectivity index (χ2v) is 8.05. The Morgan fingerprint density at radius 2 is 1.52 bits per heavy atom. The normalized spacial score (nSPS) is 16.5. The molecule has 0 aliphatic carbocycles. The number of nitrogens with zero attached hydrogens (tertiary/aromatic N) is 2. The van der Waals surface area contributed by atoms with Crippen LogP contribution in [0.4, 0.5) is 5.69 Å². The van der Waals surface area contributed by atoms with Crippen LogP contribution >= 0.6 is 23.2 Å². The van der Waals surface area contributed by atoms with Gasteiger partial charge in [-0.25, -0.2) is 8.42 Å². The molecule has 0 amide bonds. The number of hydrogen-bond acceptors (Lipinski definition) is 3. The molecule has 1 heterocycles. The van der Waals surface area contributed by atoms with Gasteiger partial charge in [0, 0.05) is 36.9 Å². The largest absolute Gasteiger partial charge is 0.369 e. The molecule has 0 radical (unpaired) electrons. The van der Waals surface area contributed by atoms with Crippen molar-refractivity contribution in [3.05, 3.63) is 58.6 Å². The lowest BCUT2D eigenvalue weighted by Gasteiger charge is -2.35. The molecule has 0 bridgehead atoms. The molecular weight excluding hydrogens is 355 g/mol. The third-order valence-corrected chi connectivity index (χ3v) is 6.49. The second-order valence-electron chi connectivity index (χ2n) is 5.30. The van der Waals surface area contributed by atoms with Crippen LogP contribution in [0.1, 0.15) is 0 Å². The van der Waals surface area contributed by atoms with E-state index in [0.717, 1.165) is 5.69 Å². The molecule has 7 heteroatoms. The van der Waals surface area contributed by atoms with Crippen molar-refractivity contribution < 1.29 is 8.42 Å². The van der Waals surface area contributed by atoms with Gasteiger partial charge in [-0.2, -0.15) is 4.31 Å². The third kappa shape index (κ3) is 3.48. The van der Waals surface area contributed by atoms with Crippen molar-refractivity contribution in [2.45, 2.75) is 4.90 Å². The van der Waals surface area contributed by atoms with Crippen molar-refractivity contribution >= 4 is 38.9 Å². The highest BCUT2D eigenvalue weighted by Gasteiger charge is 2.30. The fourth-order valence-electron chi connectivity index (χ4n) is 2.65. The minimum atomic E-state index is -3.60. The standard InChI is InChI=1S/C16H16Cl2N2O2S/c17-13-6-7-16(15(18)12-13)23(21,22)20-10-8-19(9-11-20)14-4-2-1-3-5-14/h1-7,12H,8-11H2. The van der Waals surface area contributed by atoms with Crippen molar-refractivity contribution in [3.63, 3.8) is 0 Å². The van der Waals surface area contributed by atoms with Crippen molar-refractivity contribution in [3.8, 4) is 0 Å². The van der Waals surface area contributed by atoms with Crippen molar-refractivity contribution in [2.24, 2.45) is 0 Å². The Kier molecular flexibility index (Phi) is 4.82. The first-order valence-corrected chi connectivity index (χ1v) is 9.43. The van der Waals surface area contributed by atoms with Crippen LogP contribution in [0, 0.1) is 0 Å². The van der Waals surface area contributed by atoms with Gasteiger partial charge in [-0.1, -0.05) is 41.4 Å². The number of rotatable bonds is 3. The first-order valence-electron chi connectivity index (χ1n) is 7.24. The predicted octanol–water partition coefficient (Wildman–Crippen LogP) is 3.50. The SMILES string of the molecule is O=S(=O)(c1ccc(Cl)cc1Cl)N1CCN(c2ccccc2)CC1. The molecule has 1 aliphatic heterocycles. The fourth-order valence-corrected chi connectivity index (χ4v) is 4.82. The minimum absolute atomic E-state index is 0.108. The van der Waals surface area contributed by atoms with Crippen LogP contribution in [0.15, 0.2) is 53.4 Å². The first-order chi connectivity index (χ1) is 11.0. The molecule has 1 aliphatic rings. The van der Waals surface area contributed by atoms with Crippen molar-refractivity contribution in [1.29, 1.82) is 0 Å². The molecule has 3 rings (SSSR count). The van der Waals surface area contributed by atoms with Gasteiger partial charge in [0.15, 0.2) is 0 Å². The number of hydrogen-bond donors (Lipinski definition) is 0. The third-order valence-electron chi connectivity index (χ3n) is 3.87. The highest BCUT2D eigenvalue weighted by molar-refractivity contribution is 7.89. The Hall–Kier alpha value is -1.27. The van der Waals surface area contributed by atoms with E-state index in [1.807, 2.05) is 30.3 Å². The first kappa shape index (κ1) is 16.6. The zero-order valence-corrected chi connectivity index (χ0v) is 14.7. The predicted molar refractivity (Wildman–Crippen MR) is 93.9 cm³/mol. The van der Waals surface area contributed by atoms with Gasteiger partial charge >= 0.3 is 0 Å². The summed E-state index contributed by atoms with van der Waals surface area (Å²) in [5.74, 6) is 0. The Morgan fingerprint density at radius 1 is 0.870 bits per heavy atom. The van der Waals surface area contributed by atoms with Crippen LogP contribution in [-0.4, -0.2) is 38.9 Å². The van der Waals surface area contributed by atoms with E-state index in [-0.39, 0.29) is 9.92 Å².